The predicted molar refractivity (Wildman–Crippen MR) is 81.2 cm³/mol. The minimum atomic E-state index is -1.36. The molecule has 2 aromatic carbocycles. The van der Waals surface area contributed by atoms with Crippen molar-refractivity contribution in [1.29, 1.82) is 0 Å². The van der Waals surface area contributed by atoms with Gasteiger partial charge in [0, 0.05) is 5.56 Å². The zero-order chi connectivity index (χ0) is 16.7. The molecule has 0 aliphatic rings. The van der Waals surface area contributed by atoms with Crippen molar-refractivity contribution in [2.45, 2.75) is 0 Å². The fraction of sp³-hybridized carbons (Fsp3) is 0. The van der Waals surface area contributed by atoms with Gasteiger partial charge in [0.15, 0.2) is 11.6 Å². The Labute approximate surface area is 136 Å². The van der Waals surface area contributed by atoms with E-state index in [0.29, 0.717) is 5.56 Å². The van der Waals surface area contributed by atoms with Gasteiger partial charge in [-0.05, 0) is 40.2 Å². The first-order valence-electron chi connectivity index (χ1n) is 6.25. The SMILES string of the molecule is O=C(O)c1c(O)c(Br)cc2nc(-c3ccc(F)c(F)c3)cnc12. The van der Waals surface area contributed by atoms with Crippen molar-refractivity contribution in [2.75, 3.05) is 0 Å². The Balaban J connectivity index is 2.25. The van der Waals surface area contributed by atoms with Gasteiger partial charge >= 0.3 is 5.97 Å². The molecule has 0 aliphatic carbocycles. The summed E-state index contributed by atoms with van der Waals surface area (Å²) in [6.07, 6.45) is 1.23. The third kappa shape index (κ3) is 2.61. The zero-order valence-electron chi connectivity index (χ0n) is 11.2. The van der Waals surface area contributed by atoms with Gasteiger partial charge in [-0.15, -0.1) is 0 Å². The Kier molecular flexibility index (Phi) is 3.69. The van der Waals surface area contributed by atoms with Crippen LogP contribution in [0.5, 0.6) is 5.75 Å². The standard InChI is InChI=1S/C15H7BrF2N2O3/c16-7-4-10-13(12(14(7)21)15(22)23)19-5-11(20-10)6-1-2-8(17)9(18)3-6/h1-5,21H,(H,22,23). The van der Waals surface area contributed by atoms with Crippen LogP contribution in [0.1, 0.15) is 10.4 Å². The summed E-state index contributed by atoms with van der Waals surface area (Å²) in [4.78, 5) is 19.5. The number of halogens is 3. The van der Waals surface area contributed by atoms with E-state index < -0.39 is 28.9 Å². The van der Waals surface area contributed by atoms with Crippen molar-refractivity contribution in [3.8, 4) is 17.0 Å². The van der Waals surface area contributed by atoms with E-state index in [4.69, 9.17) is 0 Å². The van der Waals surface area contributed by atoms with Gasteiger partial charge in [0.25, 0.3) is 0 Å². The van der Waals surface area contributed by atoms with Crippen LogP contribution in [0.25, 0.3) is 22.3 Å². The summed E-state index contributed by atoms with van der Waals surface area (Å²) in [6, 6.07) is 4.67. The number of carboxylic acid groups (broad SMARTS) is 1. The molecule has 0 bridgehead atoms. The highest BCUT2D eigenvalue weighted by Gasteiger charge is 2.20. The fourth-order valence-electron chi connectivity index (χ4n) is 2.11. The molecule has 0 amide bonds. The lowest BCUT2D eigenvalue weighted by Crippen LogP contribution is -2.02. The molecule has 0 atom stereocenters. The monoisotopic (exact) mass is 380 g/mol. The fourth-order valence-corrected chi connectivity index (χ4v) is 2.53. The van der Waals surface area contributed by atoms with Gasteiger partial charge in [-0.2, -0.15) is 0 Å². The number of aromatic hydroxyl groups is 1. The summed E-state index contributed by atoms with van der Waals surface area (Å²) in [6.45, 7) is 0. The van der Waals surface area contributed by atoms with Crippen molar-refractivity contribution in [2.24, 2.45) is 0 Å². The van der Waals surface area contributed by atoms with Gasteiger partial charge in [0.1, 0.15) is 16.8 Å². The lowest BCUT2D eigenvalue weighted by atomic mass is 10.1. The first-order valence-corrected chi connectivity index (χ1v) is 7.04. The molecule has 0 saturated heterocycles. The number of phenols is 1. The van der Waals surface area contributed by atoms with Crippen LogP contribution in [0.2, 0.25) is 0 Å². The minimum Gasteiger partial charge on any atom is -0.506 e. The molecule has 0 fully saturated rings. The van der Waals surface area contributed by atoms with Crippen LogP contribution in [0, 0.1) is 11.6 Å². The Morgan fingerprint density at radius 1 is 1.17 bits per heavy atom. The zero-order valence-corrected chi connectivity index (χ0v) is 12.8. The highest BCUT2D eigenvalue weighted by atomic mass is 79.9. The molecule has 0 spiro atoms. The second-order valence-electron chi connectivity index (χ2n) is 4.64. The van der Waals surface area contributed by atoms with Crippen molar-refractivity contribution in [3.63, 3.8) is 0 Å². The van der Waals surface area contributed by atoms with Crippen molar-refractivity contribution in [3.05, 3.63) is 52.1 Å². The molecular weight excluding hydrogens is 374 g/mol. The molecular formula is C15H7BrF2N2O3. The lowest BCUT2D eigenvalue weighted by Gasteiger charge is -2.08. The smallest absolute Gasteiger partial charge is 0.341 e. The van der Waals surface area contributed by atoms with Crippen LogP contribution in [0.3, 0.4) is 0 Å². The maximum Gasteiger partial charge on any atom is 0.341 e. The number of hydrogen-bond donors (Lipinski definition) is 2. The van der Waals surface area contributed by atoms with Crippen LogP contribution in [0.4, 0.5) is 8.78 Å². The number of aromatic carboxylic acids is 1. The Hall–Kier alpha value is -2.61. The summed E-state index contributed by atoms with van der Waals surface area (Å²) in [5, 5.41) is 19.0. The highest BCUT2D eigenvalue weighted by molar-refractivity contribution is 9.10. The summed E-state index contributed by atoms with van der Waals surface area (Å²) < 4.78 is 26.5. The second kappa shape index (κ2) is 5.54. The Morgan fingerprint density at radius 2 is 1.91 bits per heavy atom. The van der Waals surface area contributed by atoms with Gasteiger partial charge in [0.2, 0.25) is 0 Å². The normalized spacial score (nSPS) is 10.9. The van der Waals surface area contributed by atoms with Crippen LogP contribution >= 0.6 is 15.9 Å². The molecule has 2 N–H and O–H groups in total. The highest BCUT2D eigenvalue weighted by Crippen LogP contribution is 2.34. The summed E-state index contributed by atoms with van der Waals surface area (Å²) in [7, 11) is 0. The first kappa shape index (κ1) is 15.3. The van der Waals surface area contributed by atoms with E-state index in [1.54, 1.807) is 0 Å². The van der Waals surface area contributed by atoms with E-state index in [-0.39, 0.29) is 21.2 Å². The molecule has 116 valence electrons. The maximum atomic E-state index is 13.3. The van der Waals surface area contributed by atoms with Crippen LogP contribution in [-0.2, 0) is 0 Å². The largest absolute Gasteiger partial charge is 0.506 e. The van der Waals surface area contributed by atoms with E-state index in [9.17, 15) is 23.8 Å². The number of nitrogens with zero attached hydrogens (tertiary/aromatic N) is 2. The summed E-state index contributed by atoms with van der Waals surface area (Å²) >= 11 is 3.05. The first-order chi connectivity index (χ1) is 10.9. The summed E-state index contributed by atoms with van der Waals surface area (Å²) in [5.41, 5.74) is 0.322. The minimum absolute atomic E-state index is 0.00969. The lowest BCUT2D eigenvalue weighted by molar-refractivity contribution is 0.0695. The molecule has 23 heavy (non-hydrogen) atoms. The predicted octanol–water partition coefficient (Wildman–Crippen LogP) is 3.74. The molecule has 0 saturated carbocycles. The quantitative estimate of drug-likeness (QED) is 0.707. The molecule has 0 aliphatic heterocycles. The van der Waals surface area contributed by atoms with E-state index in [1.807, 2.05) is 0 Å². The third-order valence-electron chi connectivity index (χ3n) is 3.19. The van der Waals surface area contributed by atoms with Gasteiger partial charge in [-0.3, -0.25) is 4.98 Å². The number of rotatable bonds is 2. The van der Waals surface area contributed by atoms with E-state index >= 15 is 0 Å². The Morgan fingerprint density at radius 3 is 2.57 bits per heavy atom. The molecule has 1 aromatic heterocycles. The number of carbonyl (C=O) groups is 1. The number of fused-ring (bicyclic) bond motifs is 1. The van der Waals surface area contributed by atoms with Crippen LogP contribution < -0.4 is 0 Å². The van der Waals surface area contributed by atoms with Crippen molar-refractivity contribution >= 4 is 32.9 Å². The third-order valence-corrected chi connectivity index (χ3v) is 3.80. The average molecular weight is 381 g/mol. The molecule has 0 unspecified atom stereocenters. The van der Waals surface area contributed by atoms with Gasteiger partial charge in [-0.25, -0.2) is 18.6 Å². The maximum absolute atomic E-state index is 13.3. The molecule has 8 heteroatoms. The molecule has 5 nitrogen and oxygen atoms in total. The number of benzene rings is 2. The topological polar surface area (TPSA) is 83.3 Å². The van der Waals surface area contributed by atoms with Crippen molar-refractivity contribution < 1.29 is 23.8 Å². The van der Waals surface area contributed by atoms with E-state index in [2.05, 4.69) is 25.9 Å². The Bertz CT molecular complexity index is 963. The van der Waals surface area contributed by atoms with Crippen LogP contribution in [-0.4, -0.2) is 26.2 Å². The second-order valence-corrected chi connectivity index (χ2v) is 5.49. The number of carboxylic acids is 1. The number of aromatic nitrogens is 2. The average Bonchev–Trinajstić information content (AvgIpc) is 2.50. The van der Waals surface area contributed by atoms with Gasteiger partial charge in [-0.1, -0.05) is 0 Å². The molecule has 3 aromatic rings. The summed E-state index contributed by atoms with van der Waals surface area (Å²) in [5.74, 6) is -3.82. The molecule has 0 radical (unpaired) electrons. The van der Waals surface area contributed by atoms with Gasteiger partial charge < -0.3 is 10.2 Å². The number of hydrogen-bond acceptors (Lipinski definition) is 4. The molecule has 1 heterocycles. The molecule has 3 rings (SSSR count). The van der Waals surface area contributed by atoms with Crippen LogP contribution in [0.15, 0.2) is 34.9 Å². The van der Waals surface area contributed by atoms with E-state index in [1.165, 1.54) is 18.3 Å². The van der Waals surface area contributed by atoms with Gasteiger partial charge in [0.05, 0.1) is 21.9 Å². The van der Waals surface area contributed by atoms with E-state index in [0.717, 1.165) is 12.1 Å². The van der Waals surface area contributed by atoms with Crippen molar-refractivity contribution in [1.82, 2.24) is 9.97 Å².